The number of benzene rings is 4. The summed E-state index contributed by atoms with van der Waals surface area (Å²) in [6.45, 7) is 0. The molecule has 5 N–H and O–H groups in total. The van der Waals surface area contributed by atoms with Crippen molar-refractivity contribution in [1.82, 2.24) is 4.72 Å². The summed E-state index contributed by atoms with van der Waals surface area (Å²) in [7, 11) is -1.49. The lowest BCUT2D eigenvalue weighted by Crippen LogP contribution is -2.21. The van der Waals surface area contributed by atoms with Crippen molar-refractivity contribution in [2.75, 3.05) is 0 Å². The van der Waals surface area contributed by atoms with Crippen molar-refractivity contribution in [2.24, 2.45) is 16.5 Å². The molecule has 0 fully saturated rings. The van der Waals surface area contributed by atoms with Crippen LogP contribution in [-0.4, -0.2) is 5.96 Å². The maximum Gasteiger partial charge on any atom is 0.314 e. The lowest BCUT2D eigenvalue weighted by atomic mass is 10.2. The average molecular weight is 489 g/mol. The van der Waals surface area contributed by atoms with Gasteiger partial charge in [-0.15, -0.1) is 0 Å². The van der Waals surface area contributed by atoms with Crippen LogP contribution in [0, 0.1) is 0 Å². The lowest BCUT2D eigenvalue weighted by molar-refractivity contribution is 0.472. The molecular formula is C26H25N4O2PS. The molecule has 0 aliphatic carbocycles. The molecule has 1 unspecified atom stereocenters. The first-order chi connectivity index (χ1) is 16.7. The Balaban J connectivity index is 1.67. The first-order valence-electron chi connectivity index (χ1n) is 10.6. The minimum Gasteiger partial charge on any atom is -0.437 e. The van der Waals surface area contributed by atoms with Gasteiger partial charge in [-0.05, 0) is 66.0 Å². The molecule has 6 nitrogen and oxygen atoms in total. The van der Waals surface area contributed by atoms with Gasteiger partial charge in [0.25, 0.3) is 0 Å². The van der Waals surface area contributed by atoms with E-state index in [0.29, 0.717) is 5.69 Å². The second-order valence-electron chi connectivity index (χ2n) is 7.16. The van der Waals surface area contributed by atoms with Gasteiger partial charge in [-0.25, -0.2) is 9.71 Å². The Morgan fingerprint density at radius 2 is 1.21 bits per heavy atom. The Morgan fingerprint density at radius 3 is 1.71 bits per heavy atom. The third kappa shape index (κ3) is 6.99. The third-order valence-corrected chi connectivity index (χ3v) is 7.25. The van der Waals surface area contributed by atoms with Gasteiger partial charge in [-0.3, -0.25) is 0 Å². The monoisotopic (exact) mass is 488 g/mol. The van der Waals surface area contributed by atoms with Gasteiger partial charge in [0.05, 0.1) is 5.69 Å². The highest BCUT2D eigenvalue weighted by molar-refractivity contribution is 7.97. The Bertz CT molecular complexity index is 1130. The molecule has 0 aliphatic rings. The summed E-state index contributed by atoms with van der Waals surface area (Å²) >= 11 is 1.53. The zero-order valence-corrected chi connectivity index (χ0v) is 20.0. The van der Waals surface area contributed by atoms with E-state index in [-0.39, 0.29) is 11.7 Å². The van der Waals surface area contributed by atoms with Crippen LogP contribution in [0.2, 0.25) is 0 Å². The molecule has 0 saturated heterocycles. The fourth-order valence-electron chi connectivity index (χ4n) is 3.02. The standard InChI is InChI=1S/C26H25N4O2PS/c27-26(28)29-21-18-16-20(17-19-21)25(30-34-24-14-8-3-9-15-24)33(31-22-10-4-1-5-11-22)32-23-12-6-2-7-13-23/h1-19,25,30H,(H4,27,28,29). The predicted octanol–water partition coefficient (Wildman–Crippen LogP) is 6.36. The Labute approximate surface area is 205 Å². The van der Waals surface area contributed by atoms with Crippen molar-refractivity contribution in [3.63, 3.8) is 0 Å². The molecule has 0 aliphatic heterocycles. The van der Waals surface area contributed by atoms with E-state index in [2.05, 4.69) is 21.8 Å². The summed E-state index contributed by atoms with van der Waals surface area (Å²) in [5, 5.41) is 0. The van der Waals surface area contributed by atoms with Crippen LogP contribution in [0.5, 0.6) is 11.5 Å². The molecule has 0 bridgehead atoms. The highest BCUT2D eigenvalue weighted by Crippen LogP contribution is 2.52. The van der Waals surface area contributed by atoms with Crippen LogP contribution < -0.4 is 25.2 Å². The molecule has 0 radical (unpaired) electrons. The number of guanidine groups is 1. The zero-order valence-electron chi connectivity index (χ0n) is 18.3. The molecule has 0 amide bonds. The number of nitrogens with one attached hydrogen (secondary N) is 1. The average Bonchev–Trinajstić information content (AvgIpc) is 2.86. The molecule has 4 aromatic rings. The molecular weight excluding hydrogens is 463 g/mol. The molecule has 4 aromatic carbocycles. The number of rotatable bonds is 10. The first-order valence-corrected chi connectivity index (χ1v) is 12.7. The van der Waals surface area contributed by atoms with Gasteiger partial charge in [0.2, 0.25) is 0 Å². The SMILES string of the molecule is NC(N)=Nc1ccc(C(NSc2ccccc2)P(Oc2ccccc2)Oc2ccccc2)cc1. The van der Waals surface area contributed by atoms with Crippen LogP contribution in [0.25, 0.3) is 0 Å². The van der Waals surface area contributed by atoms with Crippen LogP contribution in [0.3, 0.4) is 0 Å². The van der Waals surface area contributed by atoms with Crippen LogP contribution >= 0.6 is 20.3 Å². The Kier molecular flexibility index (Phi) is 8.41. The van der Waals surface area contributed by atoms with Gasteiger partial charge in [0.15, 0.2) is 5.96 Å². The van der Waals surface area contributed by atoms with Crippen molar-refractivity contribution in [1.29, 1.82) is 0 Å². The summed E-state index contributed by atoms with van der Waals surface area (Å²) in [4.78, 5) is 5.21. The van der Waals surface area contributed by atoms with E-state index in [4.69, 9.17) is 20.5 Å². The van der Waals surface area contributed by atoms with Gasteiger partial charge in [-0.2, -0.15) is 0 Å². The Morgan fingerprint density at radius 1 is 0.706 bits per heavy atom. The summed E-state index contributed by atoms with van der Waals surface area (Å²) in [6.07, 6.45) is 0. The number of hydrogen-bond acceptors (Lipinski definition) is 5. The second kappa shape index (κ2) is 12.1. The summed E-state index contributed by atoms with van der Waals surface area (Å²) < 4.78 is 16.4. The van der Waals surface area contributed by atoms with Crippen molar-refractivity contribution >= 4 is 32.0 Å². The van der Waals surface area contributed by atoms with Crippen LogP contribution in [0.15, 0.2) is 125 Å². The van der Waals surface area contributed by atoms with Crippen molar-refractivity contribution in [2.45, 2.75) is 10.7 Å². The molecule has 172 valence electrons. The van der Waals surface area contributed by atoms with Crippen LogP contribution in [0.1, 0.15) is 11.3 Å². The minimum absolute atomic E-state index is 0.0177. The zero-order chi connectivity index (χ0) is 23.6. The van der Waals surface area contributed by atoms with Gasteiger partial charge >= 0.3 is 8.38 Å². The maximum atomic E-state index is 6.42. The molecule has 8 heteroatoms. The quantitative estimate of drug-likeness (QED) is 0.104. The predicted molar refractivity (Wildman–Crippen MR) is 141 cm³/mol. The molecule has 0 spiro atoms. The Hall–Kier alpha value is -3.51. The van der Waals surface area contributed by atoms with E-state index in [0.717, 1.165) is 22.0 Å². The van der Waals surface area contributed by atoms with Crippen molar-refractivity contribution in [3.05, 3.63) is 121 Å². The van der Waals surface area contributed by atoms with Gasteiger partial charge < -0.3 is 20.5 Å². The molecule has 0 aromatic heterocycles. The highest BCUT2D eigenvalue weighted by atomic mass is 32.2. The number of para-hydroxylation sites is 2. The molecule has 1 atom stereocenters. The normalized spacial score (nSPS) is 11.6. The number of aliphatic imine (C=N–C) groups is 1. The van der Waals surface area contributed by atoms with E-state index >= 15 is 0 Å². The lowest BCUT2D eigenvalue weighted by Gasteiger charge is -2.27. The van der Waals surface area contributed by atoms with Crippen molar-refractivity contribution in [3.8, 4) is 11.5 Å². The third-order valence-electron chi connectivity index (χ3n) is 4.59. The van der Waals surface area contributed by atoms with Gasteiger partial charge in [0.1, 0.15) is 17.3 Å². The fraction of sp³-hybridized carbons (Fsp3) is 0.0385. The van der Waals surface area contributed by atoms with Gasteiger partial charge in [0, 0.05) is 4.90 Å². The van der Waals surface area contributed by atoms with Crippen molar-refractivity contribution < 1.29 is 9.05 Å². The summed E-state index contributed by atoms with van der Waals surface area (Å²) in [5.74, 6) is 1.22. The summed E-state index contributed by atoms with van der Waals surface area (Å²) in [5.41, 5.74) is 12.7. The smallest absolute Gasteiger partial charge is 0.314 e. The topological polar surface area (TPSA) is 94.9 Å². The molecule has 0 saturated carbocycles. The minimum atomic E-state index is -1.49. The number of nitrogens with two attached hydrogens (primary N) is 2. The summed E-state index contributed by atoms with van der Waals surface area (Å²) in [6, 6.07) is 37.2. The van der Waals surface area contributed by atoms with Crippen LogP contribution in [-0.2, 0) is 0 Å². The fourth-order valence-corrected chi connectivity index (χ4v) is 5.52. The maximum absolute atomic E-state index is 6.42. The number of hydrogen-bond donors (Lipinski definition) is 3. The number of nitrogens with zero attached hydrogens (tertiary/aromatic N) is 1. The van der Waals surface area contributed by atoms with E-state index < -0.39 is 8.38 Å². The largest absolute Gasteiger partial charge is 0.437 e. The molecule has 34 heavy (non-hydrogen) atoms. The van der Waals surface area contributed by atoms with E-state index in [9.17, 15) is 0 Å². The van der Waals surface area contributed by atoms with Gasteiger partial charge in [-0.1, -0.05) is 66.7 Å². The van der Waals surface area contributed by atoms with E-state index in [1.165, 1.54) is 11.9 Å². The van der Waals surface area contributed by atoms with E-state index in [1.54, 1.807) is 0 Å². The van der Waals surface area contributed by atoms with Crippen LogP contribution in [0.4, 0.5) is 5.69 Å². The first kappa shape index (κ1) is 23.6. The second-order valence-corrected chi connectivity index (χ2v) is 9.52. The highest BCUT2D eigenvalue weighted by Gasteiger charge is 2.30. The molecule has 0 heterocycles. The van der Waals surface area contributed by atoms with E-state index in [1.807, 2.05) is 103 Å². The molecule has 4 rings (SSSR count).